The molecule has 0 spiro atoms. The molecule has 24 heavy (non-hydrogen) atoms. The maximum Gasteiger partial charge on any atom is 0.167 e. The molecule has 0 aliphatic heterocycles. The standard InChI is InChI=1S/C13H8NOS.C5H8O2.Ir/c1-2-4-10(5-3-1)13-11(6-7-16-13)12-8-15-9-14-12;1-4(6)3-5(2)7;/h1-5,7-9H;3,6H,1-2H3;/q-1;;/b;4-3-;. The van der Waals surface area contributed by atoms with E-state index >= 15 is 0 Å². The van der Waals surface area contributed by atoms with Gasteiger partial charge in [-0.15, -0.1) is 5.56 Å². The quantitative estimate of drug-likeness (QED) is 0.304. The van der Waals surface area contributed by atoms with Crippen molar-refractivity contribution in [1.82, 2.24) is 4.98 Å². The Morgan fingerprint density at radius 2 is 2.00 bits per heavy atom. The number of oxazole rings is 1. The molecule has 0 atom stereocenters. The fourth-order valence-corrected chi connectivity index (χ4v) is 2.74. The molecule has 1 N–H and O–H groups in total. The van der Waals surface area contributed by atoms with E-state index in [1.807, 2.05) is 23.6 Å². The Morgan fingerprint density at radius 3 is 2.50 bits per heavy atom. The summed E-state index contributed by atoms with van der Waals surface area (Å²) >= 11 is 1.66. The molecular formula is C18H16IrNO3S-. The molecule has 127 valence electrons. The molecule has 0 bridgehead atoms. The smallest absolute Gasteiger partial charge is 0.167 e. The first-order valence-corrected chi connectivity index (χ1v) is 7.77. The second-order valence-corrected chi connectivity index (χ2v) is 5.60. The largest absolute Gasteiger partial charge is 0.512 e. The molecule has 0 fully saturated rings. The summed E-state index contributed by atoms with van der Waals surface area (Å²) in [6, 6.07) is 13.4. The zero-order valence-corrected chi connectivity index (χ0v) is 16.4. The molecule has 1 aromatic carbocycles. The Bertz CT molecular complexity index is 776. The molecule has 1 radical (unpaired) electrons. The van der Waals surface area contributed by atoms with Crippen LogP contribution in [0.5, 0.6) is 0 Å². The zero-order valence-electron chi connectivity index (χ0n) is 13.1. The van der Waals surface area contributed by atoms with Crippen molar-refractivity contribution in [3.8, 4) is 21.7 Å². The molecule has 2 heterocycles. The molecule has 0 saturated carbocycles. The minimum Gasteiger partial charge on any atom is -0.512 e. The Labute approximate surface area is 158 Å². The number of aromatic nitrogens is 1. The van der Waals surface area contributed by atoms with Crippen LogP contribution in [0.1, 0.15) is 13.8 Å². The molecule has 3 rings (SSSR count). The summed E-state index contributed by atoms with van der Waals surface area (Å²) in [6.07, 6.45) is 4.25. The van der Waals surface area contributed by atoms with Crippen molar-refractivity contribution >= 4 is 17.1 Å². The van der Waals surface area contributed by atoms with Crippen molar-refractivity contribution in [3.05, 3.63) is 66.3 Å². The van der Waals surface area contributed by atoms with Gasteiger partial charge in [-0.3, -0.25) is 9.78 Å². The predicted molar refractivity (Wildman–Crippen MR) is 91.2 cm³/mol. The third kappa shape index (κ3) is 5.89. The van der Waals surface area contributed by atoms with Crippen LogP contribution in [0.2, 0.25) is 0 Å². The van der Waals surface area contributed by atoms with E-state index in [-0.39, 0.29) is 31.6 Å². The molecule has 0 unspecified atom stereocenters. The Morgan fingerprint density at radius 1 is 1.29 bits per heavy atom. The van der Waals surface area contributed by atoms with Crippen molar-refractivity contribution < 1.29 is 34.4 Å². The van der Waals surface area contributed by atoms with Crippen LogP contribution in [0.15, 0.2) is 64.6 Å². The van der Waals surface area contributed by atoms with Crippen LogP contribution in [0.4, 0.5) is 0 Å². The number of thiophene rings is 1. The molecule has 2 aromatic heterocycles. The first-order chi connectivity index (χ1) is 11.1. The van der Waals surface area contributed by atoms with Gasteiger partial charge < -0.3 is 9.52 Å². The van der Waals surface area contributed by atoms with Crippen molar-refractivity contribution in [2.45, 2.75) is 13.8 Å². The van der Waals surface area contributed by atoms with Gasteiger partial charge in [-0.2, -0.15) is 6.07 Å². The summed E-state index contributed by atoms with van der Waals surface area (Å²) in [5, 5.41) is 10.3. The van der Waals surface area contributed by atoms with Crippen LogP contribution in [-0.2, 0) is 24.9 Å². The number of hydrogen-bond donors (Lipinski definition) is 1. The molecule has 6 heteroatoms. The number of aliphatic hydroxyl groups excluding tert-OH is 1. The fourth-order valence-electron chi connectivity index (χ4n) is 1.89. The van der Waals surface area contributed by atoms with E-state index in [4.69, 9.17) is 9.52 Å². The fraction of sp³-hybridized carbons (Fsp3) is 0.111. The summed E-state index contributed by atoms with van der Waals surface area (Å²) in [5.74, 6) is -0.0625. The number of aliphatic hydroxyl groups is 1. The third-order valence-electron chi connectivity index (χ3n) is 2.74. The molecule has 0 aliphatic carbocycles. The van der Waals surface area contributed by atoms with Crippen molar-refractivity contribution in [3.63, 3.8) is 0 Å². The van der Waals surface area contributed by atoms with Crippen molar-refractivity contribution in [2.24, 2.45) is 0 Å². The minimum atomic E-state index is -0.125. The van der Waals surface area contributed by atoms with E-state index in [9.17, 15) is 4.79 Å². The van der Waals surface area contributed by atoms with Crippen molar-refractivity contribution in [1.29, 1.82) is 0 Å². The van der Waals surface area contributed by atoms with Crippen LogP contribution in [-0.4, -0.2) is 15.9 Å². The Balaban J connectivity index is 0.000000312. The van der Waals surface area contributed by atoms with Gasteiger partial charge in [0.2, 0.25) is 0 Å². The minimum absolute atomic E-state index is 0. The van der Waals surface area contributed by atoms with Gasteiger partial charge in [0.25, 0.3) is 0 Å². The zero-order chi connectivity index (χ0) is 16.7. The maximum atomic E-state index is 10.0. The molecule has 0 saturated heterocycles. The van der Waals surface area contributed by atoms with Gasteiger partial charge >= 0.3 is 0 Å². The van der Waals surface area contributed by atoms with E-state index < -0.39 is 0 Å². The second kappa shape index (κ2) is 9.98. The van der Waals surface area contributed by atoms with Crippen LogP contribution < -0.4 is 0 Å². The average Bonchev–Trinajstić information content (AvgIpc) is 3.18. The van der Waals surface area contributed by atoms with Gasteiger partial charge in [0.15, 0.2) is 12.2 Å². The van der Waals surface area contributed by atoms with Gasteiger partial charge in [0, 0.05) is 26.2 Å². The normalized spacial score (nSPS) is 10.3. The number of allylic oxidation sites excluding steroid dienone is 2. The maximum absolute atomic E-state index is 10.0. The number of carbonyl (C=O) groups excluding carboxylic acids is 1. The third-order valence-corrected chi connectivity index (χ3v) is 3.65. The number of ketones is 1. The van der Waals surface area contributed by atoms with Crippen molar-refractivity contribution in [2.75, 3.05) is 0 Å². The molecular weight excluding hydrogens is 502 g/mol. The van der Waals surface area contributed by atoms with E-state index in [0.717, 1.165) is 11.3 Å². The van der Waals surface area contributed by atoms with Gasteiger partial charge in [-0.05, 0) is 19.5 Å². The second-order valence-electron chi connectivity index (χ2n) is 4.72. The van der Waals surface area contributed by atoms with E-state index in [1.54, 1.807) is 17.6 Å². The number of hydrogen-bond acceptors (Lipinski definition) is 5. The molecule has 3 aromatic rings. The summed E-state index contributed by atoms with van der Waals surface area (Å²) < 4.78 is 5.00. The van der Waals surface area contributed by atoms with Gasteiger partial charge in [-0.1, -0.05) is 46.2 Å². The molecule has 0 amide bonds. The SMILES string of the molecule is CC(=O)/C=C(/C)O.[Ir].[c-]1csc(-c2ccccc2)c1-c1cocn1. The van der Waals surface area contributed by atoms with E-state index in [2.05, 4.69) is 23.2 Å². The first-order valence-electron chi connectivity index (χ1n) is 6.89. The first kappa shape index (κ1) is 20.0. The molecule has 0 aliphatic rings. The number of benzene rings is 1. The van der Waals surface area contributed by atoms with E-state index in [1.165, 1.54) is 36.8 Å². The summed E-state index contributed by atoms with van der Waals surface area (Å²) in [5.41, 5.74) is 3.02. The number of carbonyl (C=O) groups is 1. The predicted octanol–water partition coefficient (Wildman–Crippen LogP) is 4.90. The topological polar surface area (TPSA) is 63.3 Å². The van der Waals surface area contributed by atoms with Gasteiger partial charge in [0.05, 0.1) is 12.0 Å². The van der Waals surface area contributed by atoms with Crippen LogP contribution in [0, 0.1) is 6.07 Å². The summed E-state index contributed by atoms with van der Waals surface area (Å²) in [4.78, 5) is 15.3. The van der Waals surface area contributed by atoms with Gasteiger partial charge in [-0.25, -0.2) is 11.3 Å². The van der Waals surface area contributed by atoms with Gasteiger partial charge in [0.1, 0.15) is 0 Å². The van der Waals surface area contributed by atoms with Crippen LogP contribution >= 0.6 is 11.3 Å². The summed E-state index contributed by atoms with van der Waals surface area (Å²) in [7, 11) is 0. The molecule has 4 nitrogen and oxygen atoms in total. The van der Waals surface area contributed by atoms with E-state index in [0.29, 0.717) is 0 Å². The average molecular weight is 519 g/mol. The number of nitrogens with zero attached hydrogens (tertiary/aromatic N) is 1. The number of rotatable bonds is 3. The summed E-state index contributed by atoms with van der Waals surface area (Å²) in [6.45, 7) is 2.85. The van der Waals surface area contributed by atoms with Crippen LogP contribution in [0.25, 0.3) is 21.7 Å². The Hall–Kier alpha value is -2.01. The monoisotopic (exact) mass is 519 g/mol. The Kier molecular flexibility index (Phi) is 8.33. The van der Waals surface area contributed by atoms with Crippen LogP contribution in [0.3, 0.4) is 0 Å².